The van der Waals surface area contributed by atoms with Gasteiger partial charge in [0, 0.05) is 32.2 Å². The van der Waals surface area contributed by atoms with E-state index in [1.807, 2.05) is 0 Å². The molecule has 1 atom stereocenters. The van der Waals surface area contributed by atoms with Crippen molar-refractivity contribution in [3.8, 4) is 11.5 Å². The number of aliphatic carboxylic acids is 1. The standard InChI is InChI=1S/C31H34F3NO7/c1-2-40-29(30(36)37)19-22-7-11-25(12-8-22)41-18-16-35(31(38)42-26-13-14-27(33)28(34)20-26)15-3-4-17-39-21-23-5-9-24(32)10-6-23/h5-14,20,29H,2-4,15-19,21H2,1H3,(H,36,37). The number of benzene rings is 3. The monoisotopic (exact) mass is 589 g/mol. The van der Waals surface area contributed by atoms with Crippen molar-refractivity contribution in [3.05, 3.63) is 95.3 Å². The largest absolute Gasteiger partial charge is 0.492 e. The summed E-state index contributed by atoms with van der Waals surface area (Å²) in [5.41, 5.74) is 1.61. The van der Waals surface area contributed by atoms with Crippen molar-refractivity contribution in [2.45, 2.75) is 38.9 Å². The number of carbonyl (C=O) groups excluding carboxylic acids is 1. The number of carboxylic acids is 1. The van der Waals surface area contributed by atoms with Crippen molar-refractivity contribution in [1.82, 2.24) is 4.90 Å². The van der Waals surface area contributed by atoms with Crippen LogP contribution < -0.4 is 9.47 Å². The number of amides is 1. The van der Waals surface area contributed by atoms with E-state index in [1.165, 1.54) is 17.0 Å². The molecule has 0 heterocycles. The fourth-order valence-electron chi connectivity index (χ4n) is 3.91. The Balaban J connectivity index is 1.51. The average molecular weight is 590 g/mol. The summed E-state index contributed by atoms with van der Waals surface area (Å²) in [6.45, 7) is 3.31. The third-order valence-electron chi connectivity index (χ3n) is 6.12. The van der Waals surface area contributed by atoms with Crippen molar-refractivity contribution in [2.75, 3.05) is 32.9 Å². The Hall–Kier alpha value is -4.09. The average Bonchev–Trinajstić information content (AvgIpc) is 2.97. The minimum Gasteiger partial charge on any atom is -0.492 e. The van der Waals surface area contributed by atoms with E-state index in [2.05, 4.69) is 0 Å². The topological polar surface area (TPSA) is 94.5 Å². The maximum absolute atomic E-state index is 13.6. The lowest BCUT2D eigenvalue weighted by Gasteiger charge is -2.22. The maximum atomic E-state index is 13.6. The fourth-order valence-corrected chi connectivity index (χ4v) is 3.91. The molecule has 0 aliphatic rings. The Labute approximate surface area is 242 Å². The summed E-state index contributed by atoms with van der Waals surface area (Å²) in [6.07, 6.45) is -0.291. The van der Waals surface area contributed by atoms with Gasteiger partial charge in [0.05, 0.1) is 13.2 Å². The van der Waals surface area contributed by atoms with E-state index in [-0.39, 0.29) is 37.7 Å². The van der Waals surface area contributed by atoms with Crippen LogP contribution in [0.4, 0.5) is 18.0 Å². The first-order valence-corrected chi connectivity index (χ1v) is 13.5. The molecular formula is C31H34F3NO7. The van der Waals surface area contributed by atoms with Gasteiger partial charge in [0.2, 0.25) is 0 Å². The third kappa shape index (κ3) is 11.1. The zero-order valence-electron chi connectivity index (χ0n) is 23.3. The Morgan fingerprint density at radius 1 is 0.833 bits per heavy atom. The molecule has 0 bridgehead atoms. The van der Waals surface area contributed by atoms with Gasteiger partial charge in [0.25, 0.3) is 0 Å². The summed E-state index contributed by atoms with van der Waals surface area (Å²) >= 11 is 0. The van der Waals surface area contributed by atoms with Gasteiger partial charge in [-0.1, -0.05) is 24.3 Å². The van der Waals surface area contributed by atoms with Gasteiger partial charge in [-0.05, 0) is 67.3 Å². The molecule has 0 radical (unpaired) electrons. The van der Waals surface area contributed by atoms with Crippen molar-refractivity contribution in [1.29, 1.82) is 0 Å². The molecule has 8 nitrogen and oxygen atoms in total. The van der Waals surface area contributed by atoms with E-state index in [1.54, 1.807) is 43.3 Å². The lowest BCUT2D eigenvalue weighted by atomic mass is 10.1. The zero-order chi connectivity index (χ0) is 30.3. The Morgan fingerprint density at radius 2 is 1.52 bits per heavy atom. The first-order chi connectivity index (χ1) is 20.2. The number of nitrogens with zero attached hydrogens (tertiary/aromatic N) is 1. The second kappa shape index (κ2) is 17.0. The maximum Gasteiger partial charge on any atom is 0.415 e. The predicted molar refractivity (Wildman–Crippen MR) is 148 cm³/mol. The molecule has 42 heavy (non-hydrogen) atoms. The highest BCUT2D eigenvalue weighted by molar-refractivity contribution is 5.72. The van der Waals surface area contributed by atoms with Gasteiger partial charge in [0.15, 0.2) is 17.7 Å². The normalized spacial score (nSPS) is 11.6. The third-order valence-corrected chi connectivity index (χ3v) is 6.12. The highest BCUT2D eigenvalue weighted by Crippen LogP contribution is 2.18. The molecule has 1 unspecified atom stereocenters. The number of rotatable bonds is 17. The van der Waals surface area contributed by atoms with E-state index in [0.29, 0.717) is 38.3 Å². The molecular weight excluding hydrogens is 555 g/mol. The molecule has 0 saturated heterocycles. The summed E-state index contributed by atoms with van der Waals surface area (Å²) in [5, 5.41) is 9.27. The van der Waals surface area contributed by atoms with Crippen molar-refractivity contribution in [2.24, 2.45) is 0 Å². The van der Waals surface area contributed by atoms with Crippen LogP contribution in [0.25, 0.3) is 0 Å². The van der Waals surface area contributed by atoms with Crippen LogP contribution in [0, 0.1) is 17.5 Å². The predicted octanol–water partition coefficient (Wildman–Crippen LogP) is 6.01. The van der Waals surface area contributed by atoms with E-state index in [0.717, 1.165) is 29.3 Å². The van der Waals surface area contributed by atoms with Crippen LogP contribution >= 0.6 is 0 Å². The molecule has 226 valence electrons. The van der Waals surface area contributed by atoms with Crippen LogP contribution in [-0.4, -0.2) is 61.1 Å². The lowest BCUT2D eigenvalue weighted by Crippen LogP contribution is -2.37. The summed E-state index contributed by atoms with van der Waals surface area (Å²) in [6, 6.07) is 15.7. The molecule has 0 aliphatic heterocycles. The molecule has 3 aromatic carbocycles. The van der Waals surface area contributed by atoms with Gasteiger partial charge in [-0.3, -0.25) is 0 Å². The molecule has 0 aromatic heterocycles. The highest BCUT2D eigenvalue weighted by Gasteiger charge is 2.19. The number of ether oxygens (including phenoxy) is 4. The van der Waals surface area contributed by atoms with E-state index < -0.39 is 29.8 Å². The van der Waals surface area contributed by atoms with Gasteiger partial charge in [-0.2, -0.15) is 0 Å². The second-order valence-corrected chi connectivity index (χ2v) is 9.30. The van der Waals surface area contributed by atoms with Crippen LogP contribution in [0.3, 0.4) is 0 Å². The molecule has 3 rings (SSSR count). The molecule has 0 aliphatic carbocycles. The van der Waals surface area contributed by atoms with Gasteiger partial charge in [-0.15, -0.1) is 0 Å². The van der Waals surface area contributed by atoms with Gasteiger partial charge < -0.3 is 29.0 Å². The quantitative estimate of drug-likeness (QED) is 0.193. The molecule has 1 amide bonds. The molecule has 3 aromatic rings. The lowest BCUT2D eigenvalue weighted by molar-refractivity contribution is -0.149. The number of halogens is 3. The summed E-state index contributed by atoms with van der Waals surface area (Å²) in [5.74, 6) is -3.15. The zero-order valence-corrected chi connectivity index (χ0v) is 23.3. The Kier molecular flexibility index (Phi) is 13.1. The van der Waals surface area contributed by atoms with E-state index in [9.17, 15) is 27.9 Å². The van der Waals surface area contributed by atoms with Crippen LogP contribution in [0.15, 0.2) is 66.7 Å². The number of carbonyl (C=O) groups is 2. The molecule has 0 spiro atoms. The Morgan fingerprint density at radius 3 is 2.19 bits per heavy atom. The molecule has 0 saturated carbocycles. The van der Waals surface area contributed by atoms with Gasteiger partial charge in [-0.25, -0.2) is 22.8 Å². The number of unbranched alkanes of at least 4 members (excludes halogenated alkanes) is 1. The summed E-state index contributed by atoms with van der Waals surface area (Å²) < 4.78 is 61.8. The van der Waals surface area contributed by atoms with Crippen LogP contribution in [-0.2, 0) is 27.3 Å². The minimum absolute atomic E-state index is 0.115. The number of carboxylic acid groups (broad SMARTS) is 1. The first kappa shape index (κ1) is 32.4. The summed E-state index contributed by atoms with van der Waals surface area (Å²) in [7, 11) is 0. The van der Waals surface area contributed by atoms with Crippen LogP contribution in [0.1, 0.15) is 30.9 Å². The van der Waals surface area contributed by atoms with Gasteiger partial charge >= 0.3 is 12.1 Å². The SMILES string of the molecule is CCOC(Cc1ccc(OCCN(CCCCOCc2ccc(F)cc2)C(=O)Oc2ccc(F)c(F)c2)cc1)C(=O)O. The van der Waals surface area contributed by atoms with Crippen molar-refractivity contribution in [3.63, 3.8) is 0 Å². The second-order valence-electron chi connectivity index (χ2n) is 9.30. The molecule has 1 N–H and O–H groups in total. The van der Waals surface area contributed by atoms with Crippen molar-refractivity contribution >= 4 is 12.1 Å². The van der Waals surface area contributed by atoms with Crippen LogP contribution in [0.5, 0.6) is 11.5 Å². The Bertz CT molecular complexity index is 1270. The van der Waals surface area contributed by atoms with Crippen molar-refractivity contribution < 1.29 is 46.8 Å². The van der Waals surface area contributed by atoms with Crippen LogP contribution in [0.2, 0.25) is 0 Å². The number of hydrogen-bond acceptors (Lipinski definition) is 6. The van der Waals surface area contributed by atoms with Gasteiger partial charge in [0.1, 0.15) is 23.9 Å². The van der Waals surface area contributed by atoms with E-state index >= 15 is 0 Å². The smallest absolute Gasteiger partial charge is 0.415 e. The van der Waals surface area contributed by atoms with E-state index in [4.69, 9.17) is 18.9 Å². The first-order valence-electron chi connectivity index (χ1n) is 13.5. The number of hydrogen-bond donors (Lipinski definition) is 1. The fraction of sp³-hybridized carbons (Fsp3) is 0.355. The minimum atomic E-state index is -1.13. The highest BCUT2D eigenvalue weighted by atomic mass is 19.2. The molecule has 11 heteroatoms. The summed E-state index contributed by atoms with van der Waals surface area (Å²) in [4.78, 5) is 25.6. The molecule has 0 fully saturated rings.